The molecule has 9 heteroatoms. The zero-order valence-electron chi connectivity index (χ0n) is 11.9. The van der Waals surface area contributed by atoms with E-state index in [-0.39, 0.29) is 17.3 Å². The summed E-state index contributed by atoms with van der Waals surface area (Å²) in [5.74, 6) is 0.267. The fourth-order valence-electron chi connectivity index (χ4n) is 1.77. The number of nitrogen functional groups attached to an aromatic ring is 1. The molecule has 4 nitrogen and oxygen atoms in total. The van der Waals surface area contributed by atoms with E-state index < -0.39 is 11.7 Å². The number of anilines is 1. The number of nitrogens with two attached hydrogens (primary N) is 1. The molecule has 0 saturated heterocycles. The maximum absolute atomic E-state index is 12.7. The van der Waals surface area contributed by atoms with Gasteiger partial charge in [-0.15, -0.1) is 23.5 Å². The Morgan fingerprint density at radius 1 is 1.26 bits per heavy atom. The second-order valence-corrected chi connectivity index (χ2v) is 6.13. The molecule has 120 valence electrons. The topological polar surface area (TPSA) is 75.6 Å². The summed E-state index contributed by atoms with van der Waals surface area (Å²) in [6, 6.07) is 7.06. The van der Waals surface area contributed by atoms with Gasteiger partial charge in [-0.05, 0) is 17.9 Å². The van der Waals surface area contributed by atoms with Crippen molar-refractivity contribution < 1.29 is 13.2 Å². The monoisotopic (exact) mass is 356 g/mol. The third kappa shape index (κ3) is 4.30. The molecule has 2 N–H and O–H groups in total. The van der Waals surface area contributed by atoms with Crippen LogP contribution in [0.2, 0.25) is 0 Å². The molecule has 23 heavy (non-hydrogen) atoms. The predicted molar refractivity (Wildman–Crippen MR) is 83.9 cm³/mol. The van der Waals surface area contributed by atoms with Gasteiger partial charge in [-0.1, -0.05) is 18.2 Å². The summed E-state index contributed by atoms with van der Waals surface area (Å²) in [7, 11) is 0. The lowest BCUT2D eigenvalue weighted by atomic mass is 10.1. The maximum Gasteiger partial charge on any atom is 0.416 e. The average molecular weight is 356 g/mol. The lowest BCUT2D eigenvalue weighted by Gasteiger charge is -2.10. The van der Waals surface area contributed by atoms with E-state index in [0.717, 1.165) is 23.9 Å². The lowest BCUT2D eigenvalue weighted by Crippen LogP contribution is -2.05. The number of hydrogen-bond donors (Lipinski definition) is 1. The summed E-state index contributed by atoms with van der Waals surface area (Å²) in [6.07, 6.45) is -2.63. The third-order valence-corrected chi connectivity index (χ3v) is 4.52. The van der Waals surface area contributed by atoms with Crippen molar-refractivity contribution in [1.82, 2.24) is 9.97 Å². The Kier molecular flexibility index (Phi) is 5.38. The van der Waals surface area contributed by atoms with Crippen LogP contribution in [0.3, 0.4) is 0 Å². The molecule has 0 amide bonds. The van der Waals surface area contributed by atoms with Gasteiger partial charge in [0.2, 0.25) is 5.95 Å². The van der Waals surface area contributed by atoms with Gasteiger partial charge >= 0.3 is 6.18 Å². The number of thioether (sulfide) groups is 2. The van der Waals surface area contributed by atoms with Gasteiger partial charge in [0.15, 0.2) is 0 Å². The van der Waals surface area contributed by atoms with Gasteiger partial charge in [0.25, 0.3) is 0 Å². The number of nitrogens with zero attached hydrogens (tertiary/aromatic N) is 3. The number of alkyl halides is 3. The van der Waals surface area contributed by atoms with E-state index in [4.69, 9.17) is 5.73 Å². The van der Waals surface area contributed by atoms with Crippen molar-refractivity contribution in [2.75, 3.05) is 12.0 Å². The predicted octanol–water partition coefficient (Wildman–Crippen LogP) is 3.96. The van der Waals surface area contributed by atoms with Crippen LogP contribution in [0.15, 0.2) is 34.3 Å². The van der Waals surface area contributed by atoms with Crippen LogP contribution in [0, 0.1) is 11.3 Å². The van der Waals surface area contributed by atoms with Crippen molar-refractivity contribution in [2.45, 2.75) is 22.0 Å². The van der Waals surface area contributed by atoms with Gasteiger partial charge in [0.1, 0.15) is 21.7 Å². The molecule has 1 aromatic heterocycles. The van der Waals surface area contributed by atoms with E-state index in [2.05, 4.69) is 9.97 Å². The first-order chi connectivity index (χ1) is 10.8. The van der Waals surface area contributed by atoms with E-state index in [1.165, 1.54) is 17.8 Å². The highest BCUT2D eigenvalue weighted by Crippen LogP contribution is 2.33. The van der Waals surface area contributed by atoms with Crippen molar-refractivity contribution in [1.29, 1.82) is 5.26 Å². The molecular formula is C14H11F3N4S2. The molecule has 0 atom stereocenters. The Hall–Kier alpha value is -1.92. The molecule has 0 aliphatic heterocycles. The molecule has 0 aliphatic carbocycles. The summed E-state index contributed by atoms with van der Waals surface area (Å²) in [5.41, 5.74) is 5.66. The first-order valence-corrected chi connectivity index (χ1v) is 8.46. The molecule has 1 aromatic carbocycles. The largest absolute Gasteiger partial charge is 0.416 e. The second kappa shape index (κ2) is 7.10. The average Bonchev–Trinajstić information content (AvgIpc) is 2.51. The molecule has 0 spiro atoms. The van der Waals surface area contributed by atoms with Gasteiger partial charge in [0.05, 0.1) is 5.56 Å². The zero-order chi connectivity index (χ0) is 17.0. The summed E-state index contributed by atoms with van der Waals surface area (Å²) in [6.45, 7) is 0. The van der Waals surface area contributed by atoms with Gasteiger partial charge in [-0.25, -0.2) is 9.97 Å². The Balaban J connectivity index is 2.25. The van der Waals surface area contributed by atoms with Crippen LogP contribution in [0.5, 0.6) is 0 Å². The quantitative estimate of drug-likeness (QED) is 0.660. The fraction of sp³-hybridized carbons (Fsp3) is 0.214. The number of hydrogen-bond acceptors (Lipinski definition) is 6. The minimum atomic E-state index is -4.39. The van der Waals surface area contributed by atoms with Crippen LogP contribution in [0.25, 0.3) is 0 Å². The van der Waals surface area contributed by atoms with Crippen molar-refractivity contribution in [3.8, 4) is 6.07 Å². The van der Waals surface area contributed by atoms with E-state index >= 15 is 0 Å². The molecule has 0 saturated carbocycles. The van der Waals surface area contributed by atoms with Gasteiger partial charge in [0, 0.05) is 5.75 Å². The smallest absolute Gasteiger partial charge is 0.368 e. The summed E-state index contributed by atoms with van der Waals surface area (Å²) in [5, 5.41) is 10.0. The molecule has 0 fully saturated rings. The van der Waals surface area contributed by atoms with Crippen molar-refractivity contribution >= 4 is 29.5 Å². The zero-order valence-corrected chi connectivity index (χ0v) is 13.5. The highest BCUT2D eigenvalue weighted by atomic mass is 32.2. The minimum absolute atomic E-state index is 0.0277. The molecule has 0 unspecified atom stereocenters. The van der Waals surface area contributed by atoms with Crippen LogP contribution >= 0.6 is 23.5 Å². The van der Waals surface area contributed by atoms with Crippen LogP contribution in [-0.2, 0) is 11.9 Å². The SMILES string of the molecule is CSc1nc(N)nc(SCc2cccc(C(F)(F)F)c2)c1C#N. The molecule has 0 bridgehead atoms. The first-order valence-electron chi connectivity index (χ1n) is 6.25. The van der Waals surface area contributed by atoms with Crippen molar-refractivity contribution in [3.63, 3.8) is 0 Å². The number of aromatic nitrogens is 2. The summed E-state index contributed by atoms with van der Waals surface area (Å²) >= 11 is 2.41. The third-order valence-electron chi connectivity index (χ3n) is 2.79. The van der Waals surface area contributed by atoms with Gasteiger partial charge in [-0.3, -0.25) is 0 Å². The van der Waals surface area contributed by atoms with E-state index in [0.29, 0.717) is 15.6 Å². The lowest BCUT2D eigenvalue weighted by molar-refractivity contribution is -0.137. The standard InChI is InChI=1S/C14H11F3N4S2/c1-22-11-10(6-18)12(21-13(19)20-11)23-7-8-3-2-4-9(5-8)14(15,16)17/h2-5H,7H2,1H3,(H2,19,20,21). The number of rotatable bonds is 4. The van der Waals surface area contributed by atoms with Crippen molar-refractivity contribution in [2.24, 2.45) is 0 Å². The number of nitriles is 1. The highest BCUT2D eigenvalue weighted by Gasteiger charge is 2.30. The molecule has 2 aromatic rings. The Morgan fingerprint density at radius 2 is 1.96 bits per heavy atom. The molecule has 0 aliphatic rings. The minimum Gasteiger partial charge on any atom is -0.368 e. The molecular weight excluding hydrogens is 345 g/mol. The van der Waals surface area contributed by atoms with Crippen LogP contribution in [0.4, 0.5) is 19.1 Å². The van der Waals surface area contributed by atoms with E-state index in [1.807, 2.05) is 6.07 Å². The fourth-order valence-corrected chi connectivity index (χ4v) is 3.30. The molecule has 0 radical (unpaired) electrons. The van der Waals surface area contributed by atoms with E-state index in [9.17, 15) is 18.4 Å². The molecule has 1 heterocycles. The van der Waals surface area contributed by atoms with Crippen LogP contribution in [0.1, 0.15) is 16.7 Å². The van der Waals surface area contributed by atoms with E-state index in [1.54, 1.807) is 12.3 Å². The normalized spacial score (nSPS) is 11.3. The van der Waals surface area contributed by atoms with Gasteiger partial charge in [-0.2, -0.15) is 18.4 Å². The highest BCUT2D eigenvalue weighted by molar-refractivity contribution is 7.99. The Labute approximate surface area is 139 Å². The summed E-state index contributed by atoms with van der Waals surface area (Å²) < 4.78 is 38.1. The number of halogens is 3. The summed E-state index contributed by atoms with van der Waals surface area (Å²) in [4.78, 5) is 7.98. The van der Waals surface area contributed by atoms with Crippen LogP contribution in [-0.4, -0.2) is 16.2 Å². The number of benzene rings is 1. The first kappa shape index (κ1) is 17.4. The van der Waals surface area contributed by atoms with Crippen LogP contribution < -0.4 is 5.73 Å². The Bertz CT molecular complexity index is 757. The van der Waals surface area contributed by atoms with Gasteiger partial charge < -0.3 is 5.73 Å². The Morgan fingerprint density at radius 3 is 2.57 bits per heavy atom. The maximum atomic E-state index is 12.7. The van der Waals surface area contributed by atoms with Crippen molar-refractivity contribution in [3.05, 3.63) is 41.0 Å². The second-order valence-electron chi connectivity index (χ2n) is 4.37. The molecule has 2 rings (SSSR count).